The molecule has 33 heavy (non-hydrogen) atoms. The van der Waals surface area contributed by atoms with Gasteiger partial charge < -0.3 is 25.0 Å². The minimum Gasteiger partial charge on any atom is -0.480 e. The van der Waals surface area contributed by atoms with E-state index in [4.69, 9.17) is 9.26 Å². The normalized spacial score (nSPS) is 14.9. The first-order valence-electron chi connectivity index (χ1n) is 11.1. The molecule has 1 aromatic carbocycles. The maximum Gasteiger partial charge on any atom is 0.407 e. The number of amides is 2. The second kappa shape index (κ2) is 14.0. The SMILES string of the molecule is COP(=O)(CNC(=O)OCc1ccccc1)CC(CC(C)C)C(=O)N[C@@H](CC(C)C)C(=O)O. The summed E-state index contributed by atoms with van der Waals surface area (Å²) in [7, 11) is -2.17. The van der Waals surface area contributed by atoms with Crippen LogP contribution in [0.15, 0.2) is 30.3 Å². The van der Waals surface area contributed by atoms with E-state index in [0.717, 1.165) is 5.56 Å². The molecule has 0 saturated carbocycles. The van der Waals surface area contributed by atoms with Crippen molar-refractivity contribution in [1.29, 1.82) is 0 Å². The van der Waals surface area contributed by atoms with Crippen LogP contribution in [-0.2, 0) is 30.0 Å². The average molecular weight is 485 g/mol. The summed E-state index contributed by atoms with van der Waals surface area (Å²) in [5.74, 6) is -2.15. The molecule has 1 aromatic rings. The van der Waals surface area contributed by atoms with Gasteiger partial charge in [0.1, 0.15) is 12.6 Å². The van der Waals surface area contributed by atoms with Gasteiger partial charge in [-0.25, -0.2) is 9.59 Å². The van der Waals surface area contributed by atoms with Crippen LogP contribution in [0.25, 0.3) is 0 Å². The van der Waals surface area contributed by atoms with E-state index in [1.165, 1.54) is 7.11 Å². The fourth-order valence-corrected chi connectivity index (χ4v) is 5.08. The lowest BCUT2D eigenvalue weighted by atomic mass is 9.96. The molecule has 0 aromatic heterocycles. The van der Waals surface area contributed by atoms with Crippen LogP contribution in [0, 0.1) is 17.8 Å². The number of benzene rings is 1. The molecule has 0 radical (unpaired) electrons. The van der Waals surface area contributed by atoms with Crippen LogP contribution in [0.3, 0.4) is 0 Å². The fourth-order valence-electron chi connectivity index (χ4n) is 3.31. The maximum absolute atomic E-state index is 13.3. The first-order valence-corrected chi connectivity index (χ1v) is 13.1. The number of rotatable bonds is 14. The predicted molar refractivity (Wildman–Crippen MR) is 126 cm³/mol. The lowest BCUT2D eigenvalue weighted by molar-refractivity contribution is -0.142. The van der Waals surface area contributed by atoms with E-state index in [2.05, 4.69) is 10.6 Å². The second-order valence-electron chi connectivity index (χ2n) is 8.93. The summed E-state index contributed by atoms with van der Waals surface area (Å²) in [6.07, 6.45) is -0.491. The quantitative estimate of drug-likeness (QED) is 0.339. The summed E-state index contributed by atoms with van der Waals surface area (Å²) in [5.41, 5.74) is 0.811. The molecule has 0 saturated heterocycles. The molecule has 2 amide bonds. The zero-order valence-corrected chi connectivity index (χ0v) is 21.0. The minimum absolute atomic E-state index is 0.0643. The average Bonchev–Trinajstić information content (AvgIpc) is 2.75. The first kappa shape index (κ1) is 28.7. The molecule has 0 fully saturated rings. The number of hydrogen-bond donors (Lipinski definition) is 3. The van der Waals surface area contributed by atoms with Gasteiger partial charge in [0, 0.05) is 19.2 Å². The molecule has 186 valence electrons. The van der Waals surface area contributed by atoms with Crippen LogP contribution in [0.5, 0.6) is 0 Å². The number of aliphatic carboxylic acids is 1. The lowest BCUT2D eigenvalue weighted by Crippen LogP contribution is -2.45. The third-order valence-electron chi connectivity index (χ3n) is 4.96. The summed E-state index contributed by atoms with van der Waals surface area (Å²) in [6.45, 7) is 7.64. The zero-order chi connectivity index (χ0) is 25.0. The van der Waals surface area contributed by atoms with Crippen molar-refractivity contribution >= 4 is 25.3 Å². The number of alkyl carbamates (subject to hydrolysis) is 1. The summed E-state index contributed by atoms with van der Waals surface area (Å²) in [4.78, 5) is 36.5. The molecule has 9 nitrogen and oxygen atoms in total. The van der Waals surface area contributed by atoms with E-state index in [0.29, 0.717) is 6.42 Å². The summed E-state index contributed by atoms with van der Waals surface area (Å²) >= 11 is 0. The lowest BCUT2D eigenvalue weighted by Gasteiger charge is -2.26. The van der Waals surface area contributed by atoms with E-state index in [9.17, 15) is 24.1 Å². The van der Waals surface area contributed by atoms with Crippen molar-refractivity contribution in [3.63, 3.8) is 0 Å². The van der Waals surface area contributed by atoms with Crippen LogP contribution >= 0.6 is 7.37 Å². The van der Waals surface area contributed by atoms with Gasteiger partial charge in [-0.3, -0.25) is 9.36 Å². The number of hydrogen-bond acceptors (Lipinski definition) is 6. The monoisotopic (exact) mass is 484 g/mol. The molecule has 10 heteroatoms. The number of ether oxygens (including phenoxy) is 1. The Hall–Kier alpha value is -2.38. The van der Waals surface area contributed by atoms with E-state index >= 15 is 0 Å². The Morgan fingerprint density at radius 2 is 1.64 bits per heavy atom. The number of carboxylic acid groups (broad SMARTS) is 1. The standard InChI is InChI=1S/C23H37N2O7P/c1-16(2)11-19(21(26)25-20(22(27)28)12-17(3)4)14-33(30,31-5)15-24-23(29)32-13-18-9-7-6-8-10-18/h6-10,16-17,19-20H,11-15H2,1-5H3,(H,24,29)(H,25,26)(H,27,28)/t19?,20-,33?/m0/s1. The summed E-state index contributed by atoms with van der Waals surface area (Å²) < 4.78 is 23.6. The Bertz CT molecular complexity index is 814. The van der Waals surface area contributed by atoms with Gasteiger partial charge in [-0.05, 0) is 30.2 Å². The summed E-state index contributed by atoms with van der Waals surface area (Å²) in [5, 5.41) is 14.5. The Morgan fingerprint density at radius 3 is 2.15 bits per heavy atom. The molecule has 0 aliphatic heterocycles. The van der Waals surface area contributed by atoms with Crippen molar-refractivity contribution in [3.8, 4) is 0 Å². The van der Waals surface area contributed by atoms with Crippen LogP contribution in [-0.4, -0.2) is 48.7 Å². The molecule has 1 rings (SSSR count). The smallest absolute Gasteiger partial charge is 0.407 e. The highest BCUT2D eigenvalue weighted by atomic mass is 31.2. The highest BCUT2D eigenvalue weighted by molar-refractivity contribution is 7.59. The molecular weight excluding hydrogens is 447 g/mol. The van der Waals surface area contributed by atoms with Crippen molar-refractivity contribution in [3.05, 3.63) is 35.9 Å². The van der Waals surface area contributed by atoms with Gasteiger partial charge in [0.15, 0.2) is 0 Å². The van der Waals surface area contributed by atoms with Crippen LogP contribution in [0.4, 0.5) is 4.79 Å². The van der Waals surface area contributed by atoms with Crippen molar-refractivity contribution in [2.24, 2.45) is 17.8 Å². The number of carbonyl (C=O) groups excluding carboxylic acids is 2. The molecule has 0 spiro atoms. The number of carbonyl (C=O) groups is 3. The Kier molecular flexibility index (Phi) is 12.2. The third kappa shape index (κ3) is 11.3. The van der Waals surface area contributed by atoms with Crippen molar-refractivity contribution < 1.29 is 33.3 Å². The van der Waals surface area contributed by atoms with E-state index in [1.807, 2.05) is 58.0 Å². The van der Waals surface area contributed by atoms with Crippen LogP contribution in [0.1, 0.15) is 46.1 Å². The van der Waals surface area contributed by atoms with Gasteiger partial charge >= 0.3 is 12.1 Å². The van der Waals surface area contributed by atoms with Crippen molar-refractivity contribution in [2.75, 3.05) is 19.6 Å². The molecule has 3 atom stereocenters. The predicted octanol–water partition coefficient (Wildman–Crippen LogP) is 4.07. The molecule has 0 bridgehead atoms. The van der Waals surface area contributed by atoms with E-state index in [-0.39, 0.29) is 37.3 Å². The van der Waals surface area contributed by atoms with Crippen molar-refractivity contribution in [1.82, 2.24) is 10.6 Å². The molecule has 2 unspecified atom stereocenters. The van der Waals surface area contributed by atoms with Gasteiger partial charge in [-0.15, -0.1) is 0 Å². The minimum atomic E-state index is -3.43. The van der Waals surface area contributed by atoms with E-state index < -0.39 is 37.3 Å². The molecule has 0 heterocycles. The number of nitrogens with one attached hydrogen (secondary N) is 2. The maximum atomic E-state index is 13.3. The first-order chi connectivity index (χ1) is 15.5. The fraction of sp³-hybridized carbons (Fsp3) is 0.609. The van der Waals surface area contributed by atoms with Crippen LogP contribution in [0.2, 0.25) is 0 Å². The van der Waals surface area contributed by atoms with Gasteiger partial charge in [0.05, 0.1) is 6.29 Å². The molecular formula is C23H37N2O7P. The van der Waals surface area contributed by atoms with Gasteiger partial charge in [0.2, 0.25) is 13.3 Å². The van der Waals surface area contributed by atoms with Crippen LogP contribution < -0.4 is 10.6 Å². The van der Waals surface area contributed by atoms with E-state index in [1.54, 1.807) is 0 Å². The molecule has 3 N–H and O–H groups in total. The molecule has 0 aliphatic rings. The van der Waals surface area contributed by atoms with Gasteiger partial charge in [-0.2, -0.15) is 0 Å². The zero-order valence-electron chi connectivity index (χ0n) is 20.1. The Morgan fingerprint density at radius 1 is 1.03 bits per heavy atom. The largest absolute Gasteiger partial charge is 0.480 e. The Balaban J connectivity index is 2.77. The van der Waals surface area contributed by atoms with Gasteiger partial charge in [0.25, 0.3) is 0 Å². The second-order valence-corrected chi connectivity index (χ2v) is 11.6. The third-order valence-corrected chi connectivity index (χ3v) is 7.26. The Labute approximate surface area is 196 Å². The number of carboxylic acids is 1. The van der Waals surface area contributed by atoms with Crippen molar-refractivity contribution in [2.45, 2.75) is 53.2 Å². The summed E-state index contributed by atoms with van der Waals surface area (Å²) in [6, 6.07) is 8.10. The highest BCUT2D eigenvalue weighted by Gasteiger charge is 2.34. The highest BCUT2D eigenvalue weighted by Crippen LogP contribution is 2.47. The topological polar surface area (TPSA) is 131 Å². The van der Waals surface area contributed by atoms with Gasteiger partial charge in [-0.1, -0.05) is 58.0 Å². The molecule has 0 aliphatic carbocycles.